The van der Waals surface area contributed by atoms with E-state index in [9.17, 15) is 0 Å². The van der Waals surface area contributed by atoms with Gasteiger partial charge in [-0.2, -0.15) is 0 Å². The highest BCUT2D eigenvalue weighted by Crippen LogP contribution is 2.40. The first-order valence-electron chi connectivity index (χ1n) is 18.5. The largest absolute Gasteiger partial charge is 0.493 e. The van der Waals surface area contributed by atoms with Gasteiger partial charge in [0.25, 0.3) is 0 Å². The van der Waals surface area contributed by atoms with Gasteiger partial charge >= 0.3 is 0 Å². The fourth-order valence-corrected chi connectivity index (χ4v) is 6.86. The van der Waals surface area contributed by atoms with Crippen LogP contribution in [0.25, 0.3) is 42.4 Å². The molecule has 0 aliphatic rings. The summed E-state index contributed by atoms with van der Waals surface area (Å²) in [7, 11) is 0. The van der Waals surface area contributed by atoms with Gasteiger partial charge in [0.1, 0.15) is 23.0 Å². The zero-order valence-electron chi connectivity index (χ0n) is 31.9. The average Bonchev–Trinajstić information content (AvgIpc) is 3.54. The van der Waals surface area contributed by atoms with Crippen LogP contribution >= 0.6 is 11.3 Å². The van der Waals surface area contributed by atoms with Crippen molar-refractivity contribution in [3.63, 3.8) is 0 Å². The van der Waals surface area contributed by atoms with Crippen LogP contribution in [0.4, 0.5) is 0 Å². The summed E-state index contributed by atoms with van der Waals surface area (Å²) in [6.45, 7) is 3.57. The minimum absolute atomic E-state index is 0.0535. The van der Waals surface area contributed by atoms with Gasteiger partial charge in [0.2, 0.25) is 0 Å². The molecule has 57 heavy (non-hydrogen) atoms. The molecule has 0 spiro atoms. The summed E-state index contributed by atoms with van der Waals surface area (Å²) in [5, 5.41) is 2.25. The summed E-state index contributed by atoms with van der Waals surface area (Å²) in [5.74, 6) is 2.89. The van der Waals surface area contributed by atoms with E-state index in [0.717, 1.165) is 42.4 Å². The molecule has 17 heteroatoms. The van der Waals surface area contributed by atoms with Gasteiger partial charge in [-0.1, -0.05) is 12.1 Å². The fraction of sp³-hybridized carbons (Fsp3) is 0.300. The van der Waals surface area contributed by atoms with Crippen LogP contribution in [0.3, 0.4) is 0 Å². The Morgan fingerprint density at radius 3 is 0.965 bits per heavy atom. The number of fused-ring (bicyclic) bond motifs is 3. The Labute approximate surface area is 335 Å². The average molecular weight is 797 g/mol. The third-order valence-corrected chi connectivity index (χ3v) is 9.51. The molecule has 1 heterocycles. The second kappa shape index (κ2) is 20.9. The Balaban J connectivity index is 1.44. The number of aliphatic imine (C=N–C) groups is 4. The molecule has 0 aliphatic carbocycles. The first-order chi connectivity index (χ1) is 27.5. The van der Waals surface area contributed by atoms with Gasteiger partial charge in [0.15, 0.2) is 23.8 Å². The second-order valence-electron chi connectivity index (χ2n) is 12.9. The van der Waals surface area contributed by atoms with Crippen molar-refractivity contribution in [2.75, 3.05) is 52.6 Å². The molecule has 16 N–H and O–H groups in total. The molecule has 4 aromatic carbocycles. The van der Waals surface area contributed by atoms with Gasteiger partial charge in [-0.15, -0.1) is 11.3 Å². The fourth-order valence-electron chi connectivity index (χ4n) is 5.80. The molecule has 1 aromatic heterocycles. The SMILES string of the molecule is NC(N)=NCCCOc1cc(OCCCN=C(N)N)cc(-c2ccc3sc4ccc(-c5cc(OCCCN=C(N)N)cc(OCCCN=C(N)N)c5)cc4c3c2)c1. The predicted molar refractivity (Wildman–Crippen MR) is 233 cm³/mol. The van der Waals surface area contributed by atoms with Crippen molar-refractivity contribution in [1.82, 2.24) is 0 Å². The summed E-state index contributed by atoms with van der Waals surface area (Å²) in [6, 6.07) is 24.7. The zero-order chi connectivity index (χ0) is 40.6. The molecule has 0 fully saturated rings. The molecule has 0 aliphatic heterocycles. The standard InChI is InChI=1S/C40H52N12O4S/c41-37(42)49-9-1-13-53-29-17-27(18-30(23-29)54-14-2-10-50-38(43)44)25-5-7-35-33(21-25)34-22-26(6-8-36(34)57-35)28-19-31(55-15-3-11-51-39(45)46)24-32(20-28)56-16-4-12-52-40(47)48/h5-8,17-24H,1-4,9-16H2,(H4,41,42,49)(H4,43,44,50)(H4,45,46,51)(H4,47,48,52). The molecule has 0 radical (unpaired) electrons. The number of nitrogens with zero attached hydrogens (tertiary/aromatic N) is 4. The first kappa shape index (κ1) is 41.5. The molecule has 5 aromatic rings. The molecule has 0 unspecified atom stereocenters. The van der Waals surface area contributed by atoms with Crippen molar-refractivity contribution in [3.8, 4) is 45.3 Å². The smallest absolute Gasteiger partial charge is 0.185 e. The summed E-state index contributed by atoms with van der Waals surface area (Å²) < 4.78 is 26.9. The Bertz CT molecular complexity index is 1980. The summed E-state index contributed by atoms with van der Waals surface area (Å²) in [6.07, 6.45) is 2.59. The number of ether oxygens (including phenoxy) is 4. The molecule has 16 nitrogen and oxygen atoms in total. The zero-order valence-corrected chi connectivity index (χ0v) is 32.7. The van der Waals surface area contributed by atoms with Crippen molar-refractivity contribution >= 4 is 55.3 Å². The Morgan fingerprint density at radius 1 is 0.386 bits per heavy atom. The van der Waals surface area contributed by atoms with Gasteiger partial charge in [-0.3, -0.25) is 20.0 Å². The van der Waals surface area contributed by atoms with Crippen LogP contribution in [-0.2, 0) is 0 Å². The van der Waals surface area contributed by atoms with E-state index in [2.05, 4.69) is 56.4 Å². The van der Waals surface area contributed by atoms with Gasteiger partial charge < -0.3 is 64.8 Å². The number of hydrogen-bond acceptors (Lipinski definition) is 9. The summed E-state index contributed by atoms with van der Waals surface area (Å²) in [5.41, 5.74) is 47.7. The molecule has 5 rings (SSSR count). The first-order valence-corrected chi connectivity index (χ1v) is 19.4. The van der Waals surface area contributed by atoms with Crippen molar-refractivity contribution in [2.45, 2.75) is 25.7 Å². The molecule has 0 bridgehead atoms. The van der Waals surface area contributed by atoms with E-state index in [4.69, 9.17) is 64.8 Å². The number of hydrogen-bond donors (Lipinski definition) is 8. The highest BCUT2D eigenvalue weighted by atomic mass is 32.1. The van der Waals surface area contributed by atoms with Gasteiger partial charge in [-0.05, 0) is 70.8 Å². The van der Waals surface area contributed by atoms with E-state index in [1.54, 1.807) is 11.3 Å². The van der Waals surface area contributed by atoms with Crippen LogP contribution < -0.4 is 64.8 Å². The van der Waals surface area contributed by atoms with Gasteiger partial charge in [0.05, 0.1) is 26.4 Å². The van der Waals surface area contributed by atoms with Crippen molar-refractivity contribution in [1.29, 1.82) is 0 Å². The van der Waals surface area contributed by atoms with E-state index in [0.29, 0.717) is 101 Å². The minimum Gasteiger partial charge on any atom is -0.493 e. The Hall–Kier alpha value is -6.62. The highest BCUT2D eigenvalue weighted by molar-refractivity contribution is 7.25. The normalized spacial score (nSPS) is 10.8. The van der Waals surface area contributed by atoms with Crippen LogP contribution in [0, 0.1) is 0 Å². The number of rotatable bonds is 22. The van der Waals surface area contributed by atoms with Crippen molar-refractivity contribution in [3.05, 3.63) is 72.8 Å². The Morgan fingerprint density at radius 2 is 0.684 bits per heavy atom. The molecule has 0 saturated heterocycles. The predicted octanol–water partition coefficient (Wildman–Crippen LogP) is 3.56. The van der Waals surface area contributed by atoms with Crippen molar-refractivity contribution < 1.29 is 18.9 Å². The van der Waals surface area contributed by atoms with E-state index < -0.39 is 0 Å². The van der Waals surface area contributed by atoms with E-state index >= 15 is 0 Å². The lowest BCUT2D eigenvalue weighted by atomic mass is 9.99. The van der Waals surface area contributed by atoms with Crippen LogP contribution in [0.15, 0.2) is 92.8 Å². The maximum atomic E-state index is 6.13. The number of guanidine groups is 4. The van der Waals surface area contributed by atoms with Crippen LogP contribution in [0.5, 0.6) is 23.0 Å². The second-order valence-corrected chi connectivity index (χ2v) is 14.0. The summed E-state index contributed by atoms with van der Waals surface area (Å²) in [4.78, 5) is 16.2. The van der Waals surface area contributed by atoms with Crippen molar-refractivity contribution in [2.24, 2.45) is 65.8 Å². The number of nitrogens with two attached hydrogens (primary N) is 8. The van der Waals surface area contributed by atoms with Gasteiger partial charge in [0, 0.05) is 84.2 Å². The monoisotopic (exact) mass is 796 g/mol. The number of benzene rings is 4. The van der Waals surface area contributed by atoms with E-state index in [1.807, 2.05) is 36.4 Å². The van der Waals surface area contributed by atoms with Crippen LogP contribution in [-0.4, -0.2) is 76.4 Å². The minimum atomic E-state index is 0.0535. The van der Waals surface area contributed by atoms with E-state index in [1.165, 1.54) is 0 Å². The quantitative estimate of drug-likeness (QED) is 0.0283. The third kappa shape index (κ3) is 13.3. The highest BCUT2D eigenvalue weighted by Gasteiger charge is 2.13. The summed E-state index contributed by atoms with van der Waals surface area (Å²) >= 11 is 1.74. The maximum absolute atomic E-state index is 6.13. The third-order valence-electron chi connectivity index (χ3n) is 8.36. The van der Waals surface area contributed by atoms with Crippen LogP contribution in [0.1, 0.15) is 25.7 Å². The van der Waals surface area contributed by atoms with E-state index in [-0.39, 0.29) is 23.8 Å². The van der Waals surface area contributed by atoms with Gasteiger partial charge in [-0.25, -0.2) is 0 Å². The molecular formula is C40H52N12O4S. The maximum Gasteiger partial charge on any atom is 0.185 e. The lowest BCUT2D eigenvalue weighted by Crippen LogP contribution is -2.23. The molecule has 0 amide bonds. The van der Waals surface area contributed by atoms with Crippen LogP contribution in [0.2, 0.25) is 0 Å². The number of thiophene rings is 1. The topological polar surface area (TPSA) is 295 Å². The molecular weight excluding hydrogens is 745 g/mol. The Kier molecular flexibility index (Phi) is 15.2. The lowest BCUT2D eigenvalue weighted by Gasteiger charge is -2.13. The molecule has 302 valence electrons. The lowest BCUT2D eigenvalue weighted by molar-refractivity contribution is 0.298. The molecule has 0 atom stereocenters. The molecule has 0 saturated carbocycles.